The van der Waals surface area contributed by atoms with E-state index < -0.39 is 0 Å². The molecule has 2 aromatic rings. The standard InChI is InChI=1S/C22H26O6/c1-25-17-9-5-7-15(11-17)19(13-21(23)27-3)20(14-22(24)28-4)16-8-6-10-18(12-16)26-2/h5-12,19-20H,13-14H2,1-4H3/t19-,20-/m0/s1. The Morgan fingerprint density at radius 2 is 1.11 bits per heavy atom. The Morgan fingerprint density at radius 3 is 1.43 bits per heavy atom. The molecular formula is C22H26O6. The van der Waals surface area contributed by atoms with E-state index in [9.17, 15) is 9.59 Å². The Kier molecular flexibility index (Phi) is 7.87. The summed E-state index contributed by atoms with van der Waals surface area (Å²) < 4.78 is 20.5. The Balaban J connectivity index is 2.55. The second-order valence-electron chi connectivity index (χ2n) is 6.33. The molecule has 0 unspecified atom stereocenters. The van der Waals surface area contributed by atoms with Crippen LogP contribution in [0.3, 0.4) is 0 Å². The number of carbonyl (C=O) groups is 2. The van der Waals surface area contributed by atoms with E-state index in [1.165, 1.54) is 14.2 Å². The highest BCUT2D eigenvalue weighted by molar-refractivity contribution is 5.73. The Hall–Kier alpha value is -3.02. The summed E-state index contributed by atoms with van der Waals surface area (Å²) in [5.41, 5.74) is 1.75. The average Bonchev–Trinajstić information content (AvgIpc) is 2.75. The molecule has 28 heavy (non-hydrogen) atoms. The molecule has 0 heterocycles. The van der Waals surface area contributed by atoms with Crippen molar-refractivity contribution < 1.29 is 28.5 Å². The fraction of sp³-hybridized carbons (Fsp3) is 0.364. The average molecular weight is 386 g/mol. The largest absolute Gasteiger partial charge is 0.497 e. The molecule has 2 rings (SSSR count). The zero-order valence-corrected chi connectivity index (χ0v) is 16.6. The van der Waals surface area contributed by atoms with Gasteiger partial charge in [-0.25, -0.2) is 0 Å². The molecule has 0 spiro atoms. The van der Waals surface area contributed by atoms with Crippen molar-refractivity contribution in [3.8, 4) is 11.5 Å². The molecule has 2 atom stereocenters. The van der Waals surface area contributed by atoms with Gasteiger partial charge < -0.3 is 18.9 Å². The van der Waals surface area contributed by atoms with Crippen molar-refractivity contribution in [2.45, 2.75) is 24.7 Å². The molecule has 2 aromatic carbocycles. The van der Waals surface area contributed by atoms with Crippen molar-refractivity contribution in [1.29, 1.82) is 0 Å². The summed E-state index contributed by atoms with van der Waals surface area (Å²) in [6, 6.07) is 15.0. The lowest BCUT2D eigenvalue weighted by Gasteiger charge is -2.27. The van der Waals surface area contributed by atoms with E-state index in [0.29, 0.717) is 11.5 Å². The third-order valence-electron chi connectivity index (χ3n) is 4.76. The molecular weight excluding hydrogens is 360 g/mol. The lowest BCUT2D eigenvalue weighted by atomic mass is 9.77. The molecule has 0 aliphatic heterocycles. The van der Waals surface area contributed by atoms with Gasteiger partial charge in [0.1, 0.15) is 11.5 Å². The summed E-state index contributed by atoms with van der Waals surface area (Å²) in [4.78, 5) is 24.3. The summed E-state index contributed by atoms with van der Waals surface area (Å²) in [6.45, 7) is 0. The van der Waals surface area contributed by atoms with E-state index in [-0.39, 0.29) is 36.6 Å². The zero-order valence-electron chi connectivity index (χ0n) is 16.6. The van der Waals surface area contributed by atoms with Gasteiger partial charge in [0.25, 0.3) is 0 Å². The van der Waals surface area contributed by atoms with Crippen LogP contribution in [0.2, 0.25) is 0 Å². The van der Waals surface area contributed by atoms with Crippen molar-refractivity contribution >= 4 is 11.9 Å². The number of rotatable bonds is 9. The van der Waals surface area contributed by atoms with Crippen LogP contribution < -0.4 is 9.47 Å². The van der Waals surface area contributed by atoms with Gasteiger partial charge in [-0.15, -0.1) is 0 Å². The van der Waals surface area contributed by atoms with Crippen molar-refractivity contribution in [1.82, 2.24) is 0 Å². The highest BCUT2D eigenvalue weighted by atomic mass is 16.5. The fourth-order valence-electron chi connectivity index (χ4n) is 3.25. The molecule has 0 amide bonds. The summed E-state index contributed by atoms with van der Waals surface area (Å²) in [6.07, 6.45) is 0.227. The van der Waals surface area contributed by atoms with Crippen LogP contribution in [-0.2, 0) is 19.1 Å². The van der Waals surface area contributed by atoms with Gasteiger partial charge in [-0.1, -0.05) is 24.3 Å². The summed E-state index contributed by atoms with van der Waals surface area (Å²) in [5.74, 6) is 0.0170. The third kappa shape index (κ3) is 5.49. The van der Waals surface area contributed by atoms with Crippen LogP contribution in [0.15, 0.2) is 48.5 Å². The monoisotopic (exact) mass is 386 g/mol. The number of carbonyl (C=O) groups excluding carboxylic acids is 2. The zero-order chi connectivity index (χ0) is 20.5. The number of hydrogen-bond acceptors (Lipinski definition) is 6. The first-order chi connectivity index (χ1) is 13.5. The second-order valence-corrected chi connectivity index (χ2v) is 6.33. The Morgan fingerprint density at radius 1 is 0.714 bits per heavy atom. The molecule has 0 radical (unpaired) electrons. The first-order valence-corrected chi connectivity index (χ1v) is 8.93. The predicted octanol–water partition coefficient (Wildman–Crippen LogP) is 3.70. The van der Waals surface area contributed by atoms with E-state index in [4.69, 9.17) is 18.9 Å². The van der Waals surface area contributed by atoms with Gasteiger partial charge in [-0.2, -0.15) is 0 Å². The fourth-order valence-corrected chi connectivity index (χ4v) is 3.25. The van der Waals surface area contributed by atoms with E-state index in [1.54, 1.807) is 14.2 Å². The number of benzene rings is 2. The van der Waals surface area contributed by atoms with E-state index in [0.717, 1.165) is 11.1 Å². The molecule has 0 bridgehead atoms. The normalized spacial score (nSPS) is 12.6. The molecule has 0 saturated carbocycles. The molecule has 0 aromatic heterocycles. The predicted molar refractivity (Wildman–Crippen MR) is 105 cm³/mol. The molecule has 0 saturated heterocycles. The van der Waals surface area contributed by atoms with Gasteiger partial charge in [-0.3, -0.25) is 9.59 Å². The number of ether oxygens (including phenoxy) is 4. The molecule has 0 aliphatic carbocycles. The van der Waals surface area contributed by atoms with Gasteiger partial charge in [0, 0.05) is 11.8 Å². The minimum absolute atomic E-state index is 0.114. The maximum Gasteiger partial charge on any atom is 0.306 e. The molecule has 0 aliphatic rings. The van der Waals surface area contributed by atoms with E-state index >= 15 is 0 Å². The SMILES string of the molecule is COC(=O)C[C@@H](c1cccc(OC)c1)[C@@H](CC(=O)OC)c1cccc(OC)c1. The minimum atomic E-state index is -0.356. The number of hydrogen-bond donors (Lipinski definition) is 0. The Bertz CT molecular complexity index is 734. The highest BCUT2D eigenvalue weighted by Gasteiger charge is 2.30. The van der Waals surface area contributed by atoms with Crippen LogP contribution in [0.5, 0.6) is 11.5 Å². The van der Waals surface area contributed by atoms with Gasteiger partial charge in [0.15, 0.2) is 0 Å². The highest BCUT2D eigenvalue weighted by Crippen LogP contribution is 2.40. The molecule has 150 valence electrons. The lowest BCUT2D eigenvalue weighted by molar-refractivity contribution is -0.143. The van der Waals surface area contributed by atoms with E-state index in [2.05, 4.69) is 0 Å². The molecule has 0 N–H and O–H groups in total. The van der Waals surface area contributed by atoms with E-state index in [1.807, 2.05) is 48.5 Å². The molecule has 6 nitrogen and oxygen atoms in total. The minimum Gasteiger partial charge on any atom is -0.497 e. The van der Waals surface area contributed by atoms with Gasteiger partial charge in [-0.05, 0) is 35.4 Å². The Labute approximate surface area is 165 Å². The first-order valence-electron chi connectivity index (χ1n) is 8.93. The molecule has 6 heteroatoms. The summed E-state index contributed by atoms with van der Waals surface area (Å²) in [7, 11) is 5.88. The van der Waals surface area contributed by atoms with Crippen LogP contribution in [0, 0.1) is 0 Å². The first kappa shape index (κ1) is 21.3. The topological polar surface area (TPSA) is 71.1 Å². The third-order valence-corrected chi connectivity index (χ3v) is 4.76. The van der Waals surface area contributed by atoms with Crippen molar-refractivity contribution in [3.05, 3.63) is 59.7 Å². The smallest absolute Gasteiger partial charge is 0.306 e. The van der Waals surface area contributed by atoms with Crippen molar-refractivity contribution in [3.63, 3.8) is 0 Å². The van der Waals surface area contributed by atoms with Gasteiger partial charge in [0.05, 0.1) is 41.3 Å². The van der Waals surface area contributed by atoms with Crippen LogP contribution in [0.4, 0.5) is 0 Å². The van der Waals surface area contributed by atoms with Crippen LogP contribution >= 0.6 is 0 Å². The van der Waals surface area contributed by atoms with Crippen LogP contribution in [0.1, 0.15) is 35.8 Å². The van der Waals surface area contributed by atoms with Crippen LogP contribution in [-0.4, -0.2) is 40.4 Å². The summed E-state index contributed by atoms with van der Waals surface area (Å²) >= 11 is 0. The number of esters is 2. The quantitative estimate of drug-likeness (QED) is 0.612. The van der Waals surface area contributed by atoms with Gasteiger partial charge in [0.2, 0.25) is 0 Å². The maximum absolute atomic E-state index is 12.2. The number of methoxy groups -OCH3 is 4. The lowest BCUT2D eigenvalue weighted by Crippen LogP contribution is -2.20. The second kappa shape index (κ2) is 10.3. The van der Waals surface area contributed by atoms with Gasteiger partial charge >= 0.3 is 11.9 Å². The van der Waals surface area contributed by atoms with Crippen molar-refractivity contribution in [2.24, 2.45) is 0 Å². The summed E-state index contributed by atoms with van der Waals surface area (Å²) in [5, 5.41) is 0. The molecule has 0 fully saturated rings. The maximum atomic E-state index is 12.2. The van der Waals surface area contributed by atoms with Crippen molar-refractivity contribution in [2.75, 3.05) is 28.4 Å². The van der Waals surface area contributed by atoms with Crippen LogP contribution in [0.25, 0.3) is 0 Å².